The van der Waals surface area contributed by atoms with E-state index in [1.165, 1.54) is 16.7 Å². The molecule has 1 unspecified atom stereocenters. The molecule has 0 aromatic rings. The van der Waals surface area contributed by atoms with Gasteiger partial charge < -0.3 is 10.2 Å². The quantitative estimate of drug-likeness (QED) is 0.552. The first-order valence-corrected chi connectivity index (χ1v) is 8.26. The van der Waals surface area contributed by atoms with E-state index in [1.807, 2.05) is 13.0 Å². The Kier molecular flexibility index (Phi) is 11.8. The smallest absolute Gasteiger partial charge is 0.0757 e. The van der Waals surface area contributed by atoms with Crippen LogP contribution in [-0.2, 0) is 0 Å². The van der Waals surface area contributed by atoms with Gasteiger partial charge in [-0.25, -0.2) is 0 Å². The second-order valence-electron chi connectivity index (χ2n) is 6.43. The van der Waals surface area contributed by atoms with E-state index in [4.69, 9.17) is 5.11 Å². The number of aliphatic hydroxyl groups is 2. The summed E-state index contributed by atoms with van der Waals surface area (Å²) in [5.41, 5.74) is 4.90. The molecule has 0 saturated carbocycles. The summed E-state index contributed by atoms with van der Waals surface area (Å²) in [6.45, 7) is 10.5. The van der Waals surface area contributed by atoms with E-state index in [-0.39, 0.29) is 6.61 Å². The third-order valence-corrected chi connectivity index (χ3v) is 3.56. The first-order valence-electron chi connectivity index (χ1n) is 8.26. The van der Waals surface area contributed by atoms with Crippen molar-refractivity contribution in [2.24, 2.45) is 0 Å². The molecular weight excluding hydrogens is 272 g/mol. The highest BCUT2D eigenvalue weighted by molar-refractivity contribution is 5.08. The second-order valence-corrected chi connectivity index (χ2v) is 6.43. The molecule has 0 amide bonds. The molecule has 0 spiro atoms. The highest BCUT2D eigenvalue weighted by Crippen LogP contribution is 2.12. The zero-order chi connectivity index (χ0) is 17.0. The monoisotopic (exact) mass is 306 g/mol. The molecule has 0 fully saturated rings. The van der Waals surface area contributed by atoms with Crippen LogP contribution in [0.15, 0.2) is 46.6 Å². The summed E-state index contributed by atoms with van der Waals surface area (Å²) >= 11 is 0. The van der Waals surface area contributed by atoms with Crippen molar-refractivity contribution in [1.82, 2.24) is 0 Å². The van der Waals surface area contributed by atoms with Crippen LogP contribution >= 0.6 is 0 Å². The van der Waals surface area contributed by atoms with E-state index in [1.54, 1.807) is 0 Å². The van der Waals surface area contributed by atoms with Crippen LogP contribution in [0.4, 0.5) is 0 Å². The first kappa shape index (κ1) is 20.9. The SMILES string of the molecule is CC(C)=CCC/C(C)=C\C(O)C/C=C(\C)CC/C=C(\C)CO. The van der Waals surface area contributed by atoms with Crippen molar-refractivity contribution in [2.45, 2.75) is 72.8 Å². The first-order chi connectivity index (χ1) is 10.3. The Morgan fingerprint density at radius 3 is 2.00 bits per heavy atom. The Morgan fingerprint density at radius 2 is 1.41 bits per heavy atom. The lowest BCUT2D eigenvalue weighted by Gasteiger charge is -2.06. The van der Waals surface area contributed by atoms with Crippen LogP contribution in [-0.4, -0.2) is 22.9 Å². The molecule has 126 valence electrons. The molecule has 0 radical (unpaired) electrons. The molecule has 0 aliphatic rings. The Bertz CT molecular complexity index is 421. The van der Waals surface area contributed by atoms with Gasteiger partial charge in [-0.05, 0) is 66.7 Å². The molecule has 0 aliphatic carbocycles. The van der Waals surface area contributed by atoms with Gasteiger partial charge in [0.25, 0.3) is 0 Å². The predicted molar refractivity (Wildman–Crippen MR) is 96.9 cm³/mol. The van der Waals surface area contributed by atoms with Crippen molar-refractivity contribution in [3.8, 4) is 0 Å². The van der Waals surface area contributed by atoms with Gasteiger partial charge in [0, 0.05) is 0 Å². The van der Waals surface area contributed by atoms with Gasteiger partial charge in [-0.15, -0.1) is 0 Å². The fourth-order valence-corrected chi connectivity index (χ4v) is 2.10. The molecular formula is C20H34O2. The third-order valence-electron chi connectivity index (χ3n) is 3.56. The summed E-state index contributed by atoms with van der Waals surface area (Å²) in [6.07, 6.45) is 12.7. The molecule has 2 N–H and O–H groups in total. The Balaban J connectivity index is 4.16. The number of allylic oxidation sites excluding steroid dienone is 5. The number of rotatable bonds is 10. The van der Waals surface area contributed by atoms with Crippen molar-refractivity contribution in [3.63, 3.8) is 0 Å². The summed E-state index contributed by atoms with van der Waals surface area (Å²) in [5.74, 6) is 0. The standard InChI is InChI=1S/C20H34O2/c1-16(2)8-6-10-18(4)14-20(22)13-12-17(3)9-7-11-19(5)15-21/h8,11-12,14,20-22H,6-7,9-10,13,15H2,1-5H3/b17-12+,18-14-,19-11+. The van der Waals surface area contributed by atoms with Gasteiger partial charge in [-0.3, -0.25) is 0 Å². The average Bonchev–Trinajstić information content (AvgIpc) is 2.44. The maximum absolute atomic E-state index is 10.0. The number of hydrogen-bond donors (Lipinski definition) is 2. The molecule has 0 heterocycles. The van der Waals surface area contributed by atoms with Crippen LogP contribution in [0, 0.1) is 0 Å². The molecule has 0 aromatic heterocycles. The summed E-state index contributed by atoms with van der Waals surface area (Å²) in [5, 5.41) is 19.0. The lowest BCUT2D eigenvalue weighted by molar-refractivity contribution is 0.225. The molecule has 0 bridgehead atoms. The predicted octanol–water partition coefficient (Wildman–Crippen LogP) is 5.10. The largest absolute Gasteiger partial charge is 0.392 e. The average molecular weight is 306 g/mol. The second kappa shape index (κ2) is 12.4. The van der Waals surface area contributed by atoms with E-state index < -0.39 is 6.10 Å². The molecule has 22 heavy (non-hydrogen) atoms. The van der Waals surface area contributed by atoms with Gasteiger partial charge in [0.1, 0.15) is 0 Å². The van der Waals surface area contributed by atoms with Gasteiger partial charge in [-0.2, -0.15) is 0 Å². The fourth-order valence-electron chi connectivity index (χ4n) is 2.10. The van der Waals surface area contributed by atoms with Crippen molar-refractivity contribution in [2.75, 3.05) is 6.61 Å². The molecule has 0 aliphatic heterocycles. The van der Waals surface area contributed by atoms with Crippen LogP contribution in [0.25, 0.3) is 0 Å². The summed E-state index contributed by atoms with van der Waals surface area (Å²) in [6, 6.07) is 0. The zero-order valence-corrected chi connectivity index (χ0v) is 15.0. The minimum atomic E-state index is -0.392. The van der Waals surface area contributed by atoms with E-state index >= 15 is 0 Å². The highest BCUT2D eigenvalue weighted by atomic mass is 16.3. The number of hydrogen-bond acceptors (Lipinski definition) is 2. The van der Waals surface area contributed by atoms with Gasteiger partial charge in [0.05, 0.1) is 12.7 Å². The zero-order valence-electron chi connectivity index (χ0n) is 15.0. The van der Waals surface area contributed by atoms with E-state index in [0.29, 0.717) is 6.42 Å². The topological polar surface area (TPSA) is 40.5 Å². The van der Waals surface area contributed by atoms with E-state index in [0.717, 1.165) is 31.3 Å². The van der Waals surface area contributed by atoms with Crippen molar-refractivity contribution >= 4 is 0 Å². The lowest BCUT2D eigenvalue weighted by atomic mass is 10.0. The minimum Gasteiger partial charge on any atom is -0.392 e. The fraction of sp³-hybridized carbons (Fsp3) is 0.600. The maximum atomic E-state index is 10.0. The van der Waals surface area contributed by atoms with Crippen molar-refractivity contribution in [1.29, 1.82) is 0 Å². The van der Waals surface area contributed by atoms with Crippen LogP contribution < -0.4 is 0 Å². The van der Waals surface area contributed by atoms with Crippen LogP contribution in [0.5, 0.6) is 0 Å². The Labute approximate surface area is 137 Å². The maximum Gasteiger partial charge on any atom is 0.0757 e. The van der Waals surface area contributed by atoms with Gasteiger partial charge in [0.2, 0.25) is 0 Å². The van der Waals surface area contributed by atoms with Gasteiger partial charge in [0.15, 0.2) is 0 Å². The van der Waals surface area contributed by atoms with Gasteiger partial charge in [-0.1, -0.05) is 46.6 Å². The minimum absolute atomic E-state index is 0.137. The van der Waals surface area contributed by atoms with Gasteiger partial charge >= 0.3 is 0 Å². The normalized spacial score (nSPS) is 15.0. The summed E-state index contributed by atoms with van der Waals surface area (Å²) in [7, 11) is 0. The number of aliphatic hydroxyl groups excluding tert-OH is 2. The molecule has 0 saturated heterocycles. The Hall–Kier alpha value is -1.12. The van der Waals surface area contributed by atoms with E-state index in [9.17, 15) is 5.11 Å². The molecule has 2 nitrogen and oxygen atoms in total. The Morgan fingerprint density at radius 1 is 0.818 bits per heavy atom. The highest BCUT2D eigenvalue weighted by Gasteiger charge is 2.00. The summed E-state index contributed by atoms with van der Waals surface area (Å²) < 4.78 is 0. The molecule has 0 rings (SSSR count). The van der Waals surface area contributed by atoms with Crippen molar-refractivity contribution < 1.29 is 10.2 Å². The molecule has 2 heteroatoms. The van der Waals surface area contributed by atoms with Crippen molar-refractivity contribution in [3.05, 3.63) is 46.6 Å². The van der Waals surface area contributed by atoms with Crippen LogP contribution in [0.3, 0.4) is 0 Å². The molecule has 0 aromatic carbocycles. The third kappa shape index (κ3) is 12.6. The lowest BCUT2D eigenvalue weighted by Crippen LogP contribution is -2.01. The van der Waals surface area contributed by atoms with Crippen LogP contribution in [0.1, 0.15) is 66.7 Å². The van der Waals surface area contributed by atoms with E-state index in [2.05, 4.69) is 45.9 Å². The van der Waals surface area contributed by atoms with Crippen LogP contribution in [0.2, 0.25) is 0 Å². The summed E-state index contributed by atoms with van der Waals surface area (Å²) in [4.78, 5) is 0. The molecule has 1 atom stereocenters.